The molecular weight excluding hydrogens is 316 g/mol. The van der Waals surface area contributed by atoms with Crippen molar-refractivity contribution in [1.29, 1.82) is 5.26 Å². The number of fused-ring (bicyclic) bond motifs is 2. The van der Waals surface area contributed by atoms with Crippen LogP contribution < -0.4 is 5.32 Å². The Morgan fingerprint density at radius 2 is 2.12 bits per heavy atom. The lowest BCUT2D eigenvalue weighted by atomic mass is 9.66. The van der Waals surface area contributed by atoms with Crippen molar-refractivity contribution >= 4 is 11.6 Å². The van der Waals surface area contributed by atoms with Crippen molar-refractivity contribution in [3.63, 3.8) is 0 Å². The molecule has 3 aliphatic rings. The maximum Gasteiger partial charge on any atom is 0.176 e. The fourth-order valence-corrected chi connectivity index (χ4v) is 4.07. The van der Waals surface area contributed by atoms with Crippen LogP contribution in [-0.2, 0) is 4.79 Å². The van der Waals surface area contributed by atoms with Crippen molar-refractivity contribution in [2.24, 2.45) is 22.7 Å². The molecule has 0 saturated carbocycles. The topological polar surface area (TPSA) is 98.4 Å². The Labute approximate surface area is 145 Å². The predicted octanol–water partition coefficient (Wildman–Crippen LogP) is 1.70. The summed E-state index contributed by atoms with van der Waals surface area (Å²) in [7, 11) is 0. The molecule has 126 valence electrons. The Morgan fingerprint density at radius 3 is 2.84 bits per heavy atom. The molecule has 0 amide bonds. The van der Waals surface area contributed by atoms with E-state index in [0.717, 1.165) is 23.3 Å². The van der Waals surface area contributed by atoms with Crippen LogP contribution in [0.1, 0.15) is 25.3 Å². The van der Waals surface area contributed by atoms with E-state index in [1.807, 2.05) is 25.1 Å². The van der Waals surface area contributed by atoms with Gasteiger partial charge in [-0.15, -0.1) is 0 Å². The fraction of sp³-hybridized carbons (Fsp3) is 0.368. The molecule has 0 bridgehead atoms. The van der Waals surface area contributed by atoms with Gasteiger partial charge in [-0.25, -0.2) is 4.99 Å². The number of pyridine rings is 1. The largest absolute Gasteiger partial charge is 0.368 e. The fourth-order valence-electron chi connectivity index (χ4n) is 4.07. The quantitative estimate of drug-likeness (QED) is 0.814. The number of Topliss-reactive ketones (excluding diaryl/α,β-unsaturated/α-hetero) is 1. The number of nitrogens with one attached hydrogen (secondary N) is 1. The number of aliphatic imine (C=N–C) groups is 1. The second-order valence-electron chi connectivity index (χ2n) is 6.72. The van der Waals surface area contributed by atoms with Gasteiger partial charge in [0.2, 0.25) is 0 Å². The van der Waals surface area contributed by atoms with Crippen LogP contribution in [0.25, 0.3) is 0 Å². The van der Waals surface area contributed by atoms with E-state index in [-0.39, 0.29) is 29.1 Å². The Bertz CT molecular complexity index is 863. The van der Waals surface area contributed by atoms with E-state index >= 15 is 0 Å². The normalized spacial score (nSPS) is 31.2. The number of carbonyl (C=O) groups excluding carboxylic acids is 1. The van der Waals surface area contributed by atoms with E-state index in [2.05, 4.69) is 15.3 Å². The monoisotopic (exact) mass is 334 g/mol. The molecule has 25 heavy (non-hydrogen) atoms. The number of amidine groups is 1. The molecule has 2 N–H and O–H groups in total. The lowest BCUT2D eigenvalue weighted by molar-refractivity contribution is -0.121. The van der Waals surface area contributed by atoms with Crippen LogP contribution in [0, 0.1) is 29.1 Å². The highest BCUT2D eigenvalue weighted by Crippen LogP contribution is 2.44. The lowest BCUT2D eigenvalue weighted by Gasteiger charge is -2.42. The molecule has 1 aromatic rings. The summed E-state index contributed by atoms with van der Waals surface area (Å²) >= 11 is 0. The minimum atomic E-state index is -0.896. The summed E-state index contributed by atoms with van der Waals surface area (Å²) in [5.41, 5.74) is 2.80. The van der Waals surface area contributed by atoms with Gasteiger partial charge in [-0.2, -0.15) is 5.26 Å². The lowest BCUT2D eigenvalue weighted by Crippen LogP contribution is -2.44. The highest BCUT2D eigenvalue weighted by atomic mass is 16.3. The molecule has 2 heterocycles. The number of aliphatic hydroxyl groups is 1. The van der Waals surface area contributed by atoms with Crippen LogP contribution in [0.4, 0.5) is 0 Å². The molecular formula is C19H18N4O2. The number of aromatic nitrogens is 1. The molecule has 2 aliphatic carbocycles. The Balaban J connectivity index is 1.75. The first-order valence-corrected chi connectivity index (χ1v) is 8.42. The van der Waals surface area contributed by atoms with E-state index in [9.17, 15) is 15.2 Å². The first kappa shape index (κ1) is 15.7. The van der Waals surface area contributed by atoms with E-state index < -0.39 is 6.23 Å². The van der Waals surface area contributed by atoms with E-state index in [0.29, 0.717) is 12.3 Å². The zero-order valence-electron chi connectivity index (χ0n) is 13.8. The third kappa shape index (κ3) is 2.48. The summed E-state index contributed by atoms with van der Waals surface area (Å²) in [4.78, 5) is 20.7. The molecule has 0 saturated heterocycles. The molecule has 1 aliphatic heterocycles. The van der Waals surface area contributed by atoms with Crippen LogP contribution in [0.2, 0.25) is 0 Å². The number of hydrogen-bond donors (Lipinski definition) is 2. The Kier molecular flexibility index (Phi) is 3.74. The Morgan fingerprint density at radius 1 is 1.36 bits per heavy atom. The van der Waals surface area contributed by atoms with Crippen LogP contribution in [-0.4, -0.2) is 27.9 Å². The molecule has 6 heteroatoms. The number of aliphatic hydroxyl groups excluding tert-OH is 1. The molecule has 4 rings (SSSR count). The molecule has 4 unspecified atom stereocenters. The average molecular weight is 334 g/mol. The number of nitriles is 1. The average Bonchev–Trinajstić information content (AvgIpc) is 2.65. The third-order valence-corrected chi connectivity index (χ3v) is 5.45. The molecule has 6 nitrogen and oxygen atoms in total. The zero-order chi connectivity index (χ0) is 17.6. The SMILES string of the molecule is CC1C(=O)C(C#N)=CC2C3=C(CCC12)C(O)N=C(c1ccncc1)N3. The van der Waals surface area contributed by atoms with Gasteiger partial charge in [-0.05, 0) is 30.9 Å². The third-order valence-electron chi connectivity index (χ3n) is 5.45. The summed E-state index contributed by atoms with van der Waals surface area (Å²) in [6.45, 7) is 1.90. The minimum Gasteiger partial charge on any atom is -0.368 e. The first-order chi connectivity index (χ1) is 12.1. The standard InChI is InChI=1S/C19H18N4O2/c1-10-13-2-3-14-16(15(13)8-12(9-20)17(10)24)22-18(23-19(14)25)11-4-6-21-7-5-11/h4-8,10,13,15,19,25H,2-3H2,1H3,(H,22,23). The molecule has 0 aromatic carbocycles. The molecule has 0 spiro atoms. The van der Waals surface area contributed by atoms with Crippen LogP contribution in [0.5, 0.6) is 0 Å². The number of ketones is 1. The summed E-state index contributed by atoms with van der Waals surface area (Å²) in [6, 6.07) is 5.68. The van der Waals surface area contributed by atoms with Gasteiger partial charge in [0.25, 0.3) is 0 Å². The van der Waals surface area contributed by atoms with Crippen LogP contribution in [0.15, 0.2) is 52.4 Å². The van der Waals surface area contributed by atoms with Crippen molar-refractivity contribution in [2.45, 2.75) is 26.0 Å². The predicted molar refractivity (Wildman–Crippen MR) is 91.0 cm³/mol. The summed E-state index contributed by atoms with van der Waals surface area (Å²) in [5.74, 6) is 0.381. The summed E-state index contributed by atoms with van der Waals surface area (Å²) in [5, 5.41) is 23.2. The van der Waals surface area contributed by atoms with Gasteiger partial charge in [0.05, 0.1) is 5.57 Å². The second-order valence-corrected chi connectivity index (χ2v) is 6.72. The smallest absolute Gasteiger partial charge is 0.176 e. The molecule has 0 fully saturated rings. The van der Waals surface area contributed by atoms with E-state index in [4.69, 9.17) is 0 Å². The first-order valence-electron chi connectivity index (χ1n) is 8.42. The van der Waals surface area contributed by atoms with Crippen molar-refractivity contribution in [3.8, 4) is 6.07 Å². The number of allylic oxidation sites excluding steroid dienone is 2. The van der Waals surface area contributed by atoms with Gasteiger partial charge in [-0.1, -0.05) is 13.0 Å². The molecule has 4 atom stereocenters. The van der Waals surface area contributed by atoms with Gasteiger partial charge in [0.15, 0.2) is 12.0 Å². The number of rotatable bonds is 1. The van der Waals surface area contributed by atoms with Crippen LogP contribution >= 0.6 is 0 Å². The van der Waals surface area contributed by atoms with Gasteiger partial charge in [0.1, 0.15) is 11.9 Å². The Hall–Kier alpha value is -2.78. The van der Waals surface area contributed by atoms with Crippen molar-refractivity contribution in [2.75, 3.05) is 0 Å². The second kappa shape index (κ2) is 5.94. The maximum absolute atomic E-state index is 12.3. The maximum atomic E-state index is 12.3. The molecule has 1 aromatic heterocycles. The van der Waals surface area contributed by atoms with Crippen molar-refractivity contribution in [3.05, 3.63) is 53.0 Å². The van der Waals surface area contributed by atoms with Gasteiger partial charge in [0, 0.05) is 41.1 Å². The summed E-state index contributed by atoms with van der Waals surface area (Å²) < 4.78 is 0. The van der Waals surface area contributed by atoms with Crippen molar-refractivity contribution in [1.82, 2.24) is 10.3 Å². The highest BCUT2D eigenvalue weighted by molar-refractivity contribution is 6.02. The summed E-state index contributed by atoms with van der Waals surface area (Å²) in [6.07, 6.45) is 5.72. The number of hydrogen-bond acceptors (Lipinski definition) is 6. The molecule has 0 radical (unpaired) electrons. The van der Waals surface area contributed by atoms with E-state index in [1.54, 1.807) is 18.5 Å². The van der Waals surface area contributed by atoms with Gasteiger partial charge >= 0.3 is 0 Å². The van der Waals surface area contributed by atoms with Gasteiger partial charge in [-0.3, -0.25) is 9.78 Å². The zero-order valence-corrected chi connectivity index (χ0v) is 13.8. The number of nitrogens with zero attached hydrogens (tertiary/aromatic N) is 3. The number of carbonyl (C=O) groups is 1. The van der Waals surface area contributed by atoms with Crippen molar-refractivity contribution < 1.29 is 9.90 Å². The van der Waals surface area contributed by atoms with Gasteiger partial charge < -0.3 is 10.4 Å². The van der Waals surface area contributed by atoms with Crippen LogP contribution in [0.3, 0.4) is 0 Å². The highest BCUT2D eigenvalue weighted by Gasteiger charge is 2.43. The van der Waals surface area contributed by atoms with E-state index in [1.165, 1.54) is 0 Å². The minimum absolute atomic E-state index is 0.0758.